The van der Waals surface area contributed by atoms with E-state index in [0.717, 1.165) is 16.8 Å². The lowest BCUT2D eigenvalue weighted by molar-refractivity contribution is 0.0691. The molecule has 7 heteroatoms. The van der Waals surface area contributed by atoms with E-state index in [1.54, 1.807) is 6.07 Å². The van der Waals surface area contributed by atoms with Crippen LogP contribution < -0.4 is 5.32 Å². The molecule has 7 nitrogen and oxygen atoms in total. The summed E-state index contributed by atoms with van der Waals surface area (Å²) in [4.78, 5) is 26.1. The van der Waals surface area contributed by atoms with Gasteiger partial charge in [0.1, 0.15) is 11.2 Å². The first-order chi connectivity index (χ1) is 17.3. The Balaban J connectivity index is 1.72. The Labute approximate surface area is 211 Å². The lowest BCUT2D eigenvalue weighted by Crippen LogP contribution is -2.31. The van der Waals surface area contributed by atoms with Crippen LogP contribution in [-0.4, -0.2) is 36.6 Å². The molecule has 1 fully saturated rings. The number of hydrogen-bond donors (Lipinski definition) is 2. The SMILES string of the molecule is Cc1ccc(Cn2c(-c3cc(C(C)C)ccn3)nc3cc(C(=O)O)nc(N[C@H](C)C4CCC4)c32)cc1. The molecule has 0 amide bonds. The smallest absolute Gasteiger partial charge is 0.354 e. The molecule has 0 spiro atoms. The van der Waals surface area contributed by atoms with Gasteiger partial charge in [-0.1, -0.05) is 50.1 Å². The number of benzene rings is 1. The van der Waals surface area contributed by atoms with E-state index < -0.39 is 5.97 Å². The van der Waals surface area contributed by atoms with Crippen molar-refractivity contribution in [2.24, 2.45) is 5.92 Å². The molecule has 5 rings (SSSR count). The molecule has 2 N–H and O–H groups in total. The molecule has 3 heterocycles. The number of rotatable bonds is 8. The van der Waals surface area contributed by atoms with Crippen LogP contribution in [0.2, 0.25) is 0 Å². The van der Waals surface area contributed by atoms with Crippen molar-refractivity contribution in [3.05, 3.63) is 71.0 Å². The number of aromatic nitrogens is 4. The van der Waals surface area contributed by atoms with Crippen molar-refractivity contribution >= 4 is 22.8 Å². The molecule has 0 saturated heterocycles. The second-order valence-electron chi connectivity index (χ2n) is 10.3. The highest BCUT2D eigenvalue weighted by atomic mass is 16.4. The second kappa shape index (κ2) is 9.72. The third kappa shape index (κ3) is 4.70. The number of nitrogens with zero attached hydrogens (tertiary/aromatic N) is 4. The average molecular weight is 484 g/mol. The van der Waals surface area contributed by atoms with E-state index in [-0.39, 0.29) is 11.7 Å². The summed E-state index contributed by atoms with van der Waals surface area (Å²) >= 11 is 0. The summed E-state index contributed by atoms with van der Waals surface area (Å²) in [5, 5.41) is 13.3. The fraction of sp³-hybridized carbons (Fsp3) is 0.379. The summed E-state index contributed by atoms with van der Waals surface area (Å²) < 4.78 is 2.13. The fourth-order valence-corrected chi connectivity index (χ4v) is 4.79. The number of aromatic carboxylic acids is 1. The van der Waals surface area contributed by atoms with Crippen molar-refractivity contribution in [1.82, 2.24) is 19.5 Å². The normalized spacial score (nSPS) is 14.7. The number of anilines is 1. The van der Waals surface area contributed by atoms with E-state index in [1.807, 2.05) is 12.3 Å². The number of carboxylic acid groups (broad SMARTS) is 1. The summed E-state index contributed by atoms with van der Waals surface area (Å²) in [5.74, 6) is 1.12. The molecule has 1 aliphatic rings. The molecule has 0 aliphatic heterocycles. The van der Waals surface area contributed by atoms with Gasteiger partial charge in [0.25, 0.3) is 0 Å². The molecule has 0 bridgehead atoms. The molecule has 1 aliphatic carbocycles. The maximum absolute atomic E-state index is 12.0. The summed E-state index contributed by atoms with van der Waals surface area (Å²) in [6.45, 7) is 9.10. The van der Waals surface area contributed by atoms with Gasteiger partial charge in [0, 0.05) is 18.8 Å². The Bertz CT molecular complexity index is 1400. The van der Waals surface area contributed by atoms with Crippen molar-refractivity contribution in [3.8, 4) is 11.5 Å². The van der Waals surface area contributed by atoms with Crippen molar-refractivity contribution in [3.63, 3.8) is 0 Å². The molecule has 36 heavy (non-hydrogen) atoms. The molecule has 4 aromatic rings. The number of pyridine rings is 2. The largest absolute Gasteiger partial charge is 0.477 e. The van der Waals surface area contributed by atoms with Crippen LogP contribution in [0, 0.1) is 12.8 Å². The molecule has 3 aromatic heterocycles. The predicted molar refractivity (Wildman–Crippen MR) is 143 cm³/mol. The Morgan fingerprint density at radius 1 is 1.11 bits per heavy atom. The second-order valence-corrected chi connectivity index (χ2v) is 10.3. The van der Waals surface area contributed by atoms with Crippen LogP contribution in [-0.2, 0) is 6.54 Å². The molecule has 1 aromatic carbocycles. The Hall–Kier alpha value is -3.74. The molecular weight excluding hydrogens is 450 g/mol. The average Bonchev–Trinajstić information content (AvgIpc) is 3.18. The Kier molecular flexibility index (Phi) is 6.48. The molecule has 0 radical (unpaired) electrons. The highest BCUT2D eigenvalue weighted by Gasteiger charge is 2.27. The van der Waals surface area contributed by atoms with Crippen molar-refractivity contribution in [2.75, 3.05) is 5.32 Å². The van der Waals surface area contributed by atoms with E-state index in [9.17, 15) is 9.90 Å². The van der Waals surface area contributed by atoms with Gasteiger partial charge < -0.3 is 15.0 Å². The first-order valence-electron chi connectivity index (χ1n) is 12.7. The Morgan fingerprint density at radius 3 is 2.50 bits per heavy atom. The number of nitrogens with one attached hydrogen (secondary N) is 1. The van der Waals surface area contributed by atoms with Gasteiger partial charge in [-0.2, -0.15) is 0 Å². The number of imidazole rings is 1. The van der Waals surface area contributed by atoms with Gasteiger partial charge in [0.05, 0.1) is 5.52 Å². The highest BCUT2D eigenvalue weighted by molar-refractivity contribution is 5.96. The zero-order valence-electron chi connectivity index (χ0n) is 21.3. The van der Waals surface area contributed by atoms with E-state index >= 15 is 0 Å². The van der Waals surface area contributed by atoms with Gasteiger partial charge in [-0.05, 0) is 67.9 Å². The number of fused-ring (bicyclic) bond motifs is 1. The summed E-state index contributed by atoms with van der Waals surface area (Å²) in [6.07, 6.45) is 5.41. The number of carboxylic acids is 1. The van der Waals surface area contributed by atoms with Gasteiger partial charge in [0.2, 0.25) is 0 Å². The van der Waals surface area contributed by atoms with Gasteiger partial charge in [-0.15, -0.1) is 0 Å². The van der Waals surface area contributed by atoms with Crippen LogP contribution in [0.5, 0.6) is 0 Å². The van der Waals surface area contributed by atoms with E-state index in [2.05, 4.69) is 77.9 Å². The van der Waals surface area contributed by atoms with Gasteiger partial charge in [-0.25, -0.2) is 14.8 Å². The third-order valence-corrected chi connectivity index (χ3v) is 7.31. The summed E-state index contributed by atoms with van der Waals surface area (Å²) in [5.41, 5.74) is 5.66. The minimum atomic E-state index is -1.06. The minimum absolute atomic E-state index is 0.0127. The number of carbonyl (C=O) groups is 1. The summed E-state index contributed by atoms with van der Waals surface area (Å²) in [6, 6.07) is 14.3. The first kappa shape index (κ1) is 24.0. The lowest BCUT2D eigenvalue weighted by atomic mass is 9.80. The zero-order valence-corrected chi connectivity index (χ0v) is 21.3. The lowest BCUT2D eigenvalue weighted by Gasteiger charge is -2.32. The van der Waals surface area contributed by atoms with Crippen molar-refractivity contribution in [1.29, 1.82) is 0 Å². The predicted octanol–water partition coefficient (Wildman–Crippen LogP) is 6.27. The minimum Gasteiger partial charge on any atom is -0.477 e. The monoisotopic (exact) mass is 483 g/mol. The van der Waals surface area contributed by atoms with Crippen LogP contribution in [0.1, 0.15) is 73.1 Å². The van der Waals surface area contributed by atoms with Gasteiger partial charge in [0.15, 0.2) is 17.3 Å². The highest BCUT2D eigenvalue weighted by Crippen LogP contribution is 2.34. The van der Waals surface area contributed by atoms with Crippen LogP contribution >= 0.6 is 0 Å². The molecule has 0 unspecified atom stereocenters. The van der Waals surface area contributed by atoms with Crippen LogP contribution in [0.15, 0.2) is 48.7 Å². The number of aryl methyl sites for hydroxylation is 1. The van der Waals surface area contributed by atoms with Crippen LogP contribution in [0.25, 0.3) is 22.6 Å². The maximum atomic E-state index is 12.0. The van der Waals surface area contributed by atoms with E-state index in [4.69, 9.17) is 4.98 Å². The van der Waals surface area contributed by atoms with Crippen molar-refractivity contribution in [2.45, 2.75) is 65.5 Å². The number of hydrogen-bond acceptors (Lipinski definition) is 5. The van der Waals surface area contributed by atoms with Gasteiger partial charge in [-0.3, -0.25) is 4.98 Å². The zero-order chi connectivity index (χ0) is 25.4. The molecule has 1 atom stereocenters. The summed E-state index contributed by atoms with van der Waals surface area (Å²) in [7, 11) is 0. The first-order valence-corrected chi connectivity index (χ1v) is 12.7. The molecule has 186 valence electrons. The van der Waals surface area contributed by atoms with Crippen LogP contribution in [0.4, 0.5) is 5.82 Å². The van der Waals surface area contributed by atoms with Crippen molar-refractivity contribution < 1.29 is 9.90 Å². The maximum Gasteiger partial charge on any atom is 0.354 e. The van der Waals surface area contributed by atoms with Gasteiger partial charge >= 0.3 is 5.97 Å². The standard InChI is InChI=1S/C29H33N5O2/c1-17(2)22-12-13-30-24(14-22)28-33-23-15-25(29(35)36)32-27(31-19(4)21-6-5-7-21)26(23)34(28)16-20-10-8-18(3)9-11-20/h8-15,17,19,21H,5-7,16H2,1-4H3,(H,31,32)(H,35,36)/t19-/m1/s1. The van der Waals surface area contributed by atoms with Crippen LogP contribution in [0.3, 0.4) is 0 Å². The Morgan fingerprint density at radius 2 is 1.86 bits per heavy atom. The van der Waals surface area contributed by atoms with E-state index in [1.165, 1.54) is 30.4 Å². The van der Waals surface area contributed by atoms with E-state index in [0.29, 0.717) is 35.5 Å². The fourth-order valence-electron chi connectivity index (χ4n) is 4.79. The topological polar surface area (TPSA) is 92.9 Å². The molecular formula is C29H33N5O2. The third-order valence-electron chi connectivity index (χ3n) is 7.31. The quantitative estimate of drug-likeness (QED) is 0.307. The molecule has 1 saturated carbocycles.